The van der Waals surface area contributed by atoms with E-state index >= 15 is 0 Å². The van der Waals surface area contributed by atoms with E-state index in [-0.39, 0.29) is 17.5 Å². The molecule has 1 aliphatic carbocycles. The van der Waals surface area contributed by atoms with Crippen LogP contribution in [-0.2, 0) is 11.8 Å². The van der Waals surface area contributed by atoms with Crippen LogP contribution >= 0.6 is 0 Å². The summed E-state index contributed by atoms with van der Waals surface area (Å²) in [6.45, 7) is 0.920. The normalized spacial score (nSPS) is 25.8. The first-order valence-electron chi connectivity index (χ1n) is 9.78. The molecule has 2 N–H and O–H groups in total. The summed E-state index contributed by atoms with van der Waals surface area (Å²) in [7, 11) is 1.58. The number of aliphatic hydroxyl groups is 1. The summed E-state index contributed by atoms with van der Waals surface area (Å²) in [6, 6.07) is 11.6. The Hall–Kier alpha value is -2.74. The number of urea groups is 1. The molecule has 8 heteroatoms. The van der Waals surface area contributed by atoms with Crippen molar-refractivity contribution in [1.82, 2.24) is 4.90 Å². The zero-order valence-electron chi connectivity index (χ0n) is 16.4. The molecule has 0 bridgehead atoms. The lowest BCUT2D eigenvalue weighted by molar-refractivity contribution is -0.137. The van der Waals surface area contributed by atoms with Crippen LogP contribution in [0.25, 0.3) is 0 Å². The molecule has 2 fully saturated rings. The molecule has 0 aromatic heterocycles. The van der Waals surface area contributed by atoms with Crippen LogP contribution in [0, 0.1) is 11.8 Å². The largest absolute Gasteiger partial charge is 0.497 e. The minimum Gasteiger partial charge on any atom is -0.497 e. The van der Waals surface area contributed by atoms with Crippen molar-refractivity contribution in [3.8, 4) is 5.75 Å². The average molecular weight is 420 g/mol. The summed E-state index contributed by atoms with van der Waals surface area (Å²) in [5, 5.41) is 13.7. The number of hydrogen-bond acceptors (Lipinski definition) is 3. The Labute approximate surface area is 172 Å². The van der Waals surface area contributed by atoms with Gasteiger partial charge in [0.15, 0.2) is 0 Å². The second kappa shape index (κ2) is 7.50. The maximum atomic E-state index is 12.9. The molecule has 30 heavy (non-hydrogen) atoms. The van der Waals surface area contributed by atoms with Gasteiger partial charge in [0.2, 0.25) is 0 Å². The number of carbonyl (C=O) groups excluding carboxylic acids is 1. The number of fused-ring (bicyclic) bond motifs is 1. The van der Waals surface area contributed by atoms with Crippen LogP contribution in [0.4, 0.5) is 23.7 Å². The number of anilines is 1. The zero-order valence-corrected chi connectivity index (χ0v) is 16.4. The topological polar surface area (TPSA) is 61.8 Å². The van der Waals surface area contributed by atoms with Gasteiger partial charge in [-0.1, -0.05) is 18.2 Å². The van der Waals surface area contributed by atoms with Crippen LogP contribution in [0.5, 0.6) is 5.75 Å². The third kappa shape index (κ3) is 3.96. The van der Waals surface area contributed by atoms with E-state index in [1.807, 2.05) is 24.3 Å². The Morgan fingerprint density at radius 1 is 1.13 bits per heavy atom. The number of methoxy groups -OCH3 is 1. The van der Waals surface area contributed by atoms with Gasteiger partial charge in [-0.2, -0.15) is 13.2 Å². The minimum atomic E-state index is -4.46. The Balaban J connectivity index is 1.40. The maximum Gasteiger partial charge on any atom is 0.416 e. The van der Waals surface area contributed by atoms with Gasteiger partial charge in [-0.15, -0.1) is 0 Å². The summed E-state index contributed by atoms with van der Waals surface area (Å²) in [5.74, 6) is 0.946. The first-order valence-corrected chi connectivity index (χ1v) is 9.78. The summed E-state index contributed by atoms with van der Waals surface area (Å²) in [6.07, 6.45) is -3.41. The number of ether oxygens (including phenoxy) is 1. The second-order valence-electron chi connectivity index (χ2n) is 8.11. The molecule has 2 unspecified atom stereocenters. The molecular formula is C22H23F3N2O3. The Morgan fingerprint density at radius 3 is 2.43 bits per heavy atom. The number of hydrogen-bond donors (Lipinski definition) is 2. The lowest BCUT2D eigenvalue weighted by Crippen LogP contribution is -2.35. The SMILES string of the molecule is COc1cccc(C2(O)CC3CN(C(=O)Nc4cccc(C(F)(F)F)c4)CC3C2)c1. The lowest BCUT2D eigenvalue weighted by Gasteiger charge is -2.27. The number of halogens is 3. The van der Waals surface area contributed by atoms with E-state index in [9.17, 15) is 23.1 Å². The number of benzene rings is 2. The van der Waals surface area contributed by atoms with Crippen molar-refractivity contribution < 1.29 is 27.8 Å². The molecule has 5 nitrogen and oxygen atoms in total. The molecule has 2 aromatic carbocycles. The smallest absolute Gasteiger partial charge is 0.416 e. The minimum absolute atomic E-state index is 0.111. The van der Waals surface area contributed by atoms with Gasteiger partial charge >= 0.3 is 12.2 Å². The zero-order chi connectivity index (χ0) is 21.5. The standard InChI is InChI=1S/C22H23F3N2O3/c1-30-19-7-3-4-16(9-19)21(29)10-14-12-27(13-15(14)11-21)20(28)26-18-6-2-5-17(8-18)22(23,24)25/h2-9,14-15,29H,10-13H2,1H3,(H,26,28). The van der Waals surface area contributed by atoms with E-state index in [0.717, 1.165) is 17.7 Å². The van der Waals surface area contributed by atoms with Gasteiger partial charge in [0.05, 0.1) is 18.3 Å². The van der Waals surface area contributed by atoms with Gasteiger partial charge in [-0.3, -0.25) is 0 Å². The fraction of sp³-hybridized carbons (Fsp3) is 0.409. The highest BCUT2D eigenvalue weighted by Crippen LogP contribution is 2.49. The maximum absolute atomic E-state index is 12.9. The molecule has 2 amide bonds. The summed E-state index contributed by atoms with van der Waals surface area (Å²) in [5.41, 5.74) is -0.856. The fourth-order valence-corrected chi connectivity index (χ4v) is 4.64. The summed E-state index contributed by atoms with van der Waals surface area (Å²) in [4.78, 5) is 14.2. The predicted octanol–water partition coefficient (Wildman–Crippen LogP) is 4.48. The molecular weight excluding hydrogens is 397 g/mol. The average Bonchev–Trinajstić information content (AvgIpc) is 3.23. The molecule has 4 rings (SSSR count). The van der Waals surface area contributed by atoms with Gasteiger partial charge < -0.3 is 20.1 Å². The number of alkyl halides is 3. The van der Waals surface area contributed by atoms with Crippen LogP contribution in [0.1, 0.15) is 24.0 Å². The van der Waals surface area contributed by atoms with Gasteiger partial charge in [0, 0.05) is 18.8 Å². The molecule has 0 spiro atoms. The van der Waals surface area contributed by atoms with Crippen LogP contribution < -0.4 is 10.1 Å². The molecule has 2 aliphatic rings. The highest BCUT2D eigenvalue weighted by Gasteiger charge is 2.50. The molecule has 2 atom stereocenters. The molecule has 1 aliphatic heterocycles. The van der Waals surface area contributed by atoms with Crippen molar-refractivity contribution in [1.29, 1.82) is 0 Å². The number of amides is 2. The van der Waals surface area contributed by atoms with E-state index in [1.54, 1.807) is 12.0 Å². The predicted molar refractivity (Wildman–Crippen MR) is 105 cm³/mol. The third-order valence-electron chi connectivity index (χ3n) is 6.11. The first-order chi connectivity index (χ1) is 14.2. The number of nitrogens with one attached hydrogen (secondary N) is 1. The van der Waals surface area contributed by atoms with Crippen LogP contribution in [0.15, 0.2) is 48.5 Å². The fourth-order valence-electron chi connectivity index (χ4n) is 4.64. The molecule has 2 aromatic rings. The molecule has 1 saturated heterocycles. The molecule has 0 radical (unpaired) electrons. The van der Waals surface area contributed by atoms with Crippen LogP contribution in [-0.4, -0.2) is 36.2 Å². The van der Waals surface area contributed by atoms with Crippen LogP contribution in [0.3, 0.4) is 0 Å². The van der Waals surface area contributed by atoms with Gasteiger partial charge in [0.25, 0.3) is 0 Å². The highest BCUT2D eigenvalue weighted by molar-refractivity contribution is 5.89. The lowest BCUT2D eigenvalue weighted by atomic mass is 9.90. The summed E-state index contributed by atoms with van der Waals surface area (Å²) < 4.78 is 43.8. The number of nitrogens with zero attached hydrogens (tertiary/aromatic N) is 1. The Morgan fingerprint density at radius 2 is 1.80 bits per heavy atom. The van der Waals surface area contributed by atoms with E-state index < -0.39 is 23.4 Å². The molecule has 1 saturated carbocycles. The highest BCUT2D eigenvalue weighted by atomic mass is 19.4. The molecule has 160 valence electrons. The van der Waals surface area contributed by atoms with Crippen LogP contribution in [0.2, 0.25) is 0 Å². The monoisotopic (exact) mass is 420 g/mol. The second-order valence-corrected chi connectivity index (χ2v) is 8.11. The number of carbonyl (C=O) groups is 1. The van der Waals surface area contributed by atoms with Gasteiger partial charge in [-0.05, 0) is 60.6 Å². The number of likely N-dealkylation sites (tertiary alicyclic amines) is 1. The van der Waals surface area contributed by atoms with E-state index in [2.05, 4.69) is 5.32 Å². The van der Waals surface area contributed by atoms with Crippen molar-refractivity contribution in [2.75, 3.05) is 25.5 Å². The Kier molecular flexibility index (Phi) is 5.13. The van der Waals surface area contributed by atoms with E-state index in [1.165, 1.54) is 12.1 Å². The third-order valence-corrected chi connectivity index (χ3v) is 6.11. The molecule has 1 heterocycles. The first kappa shape index (κ1) is 20.5. The summed E-state index contributed by atoms with van der Waals surface area (Å²) >= 11 is 0. The van der Waals surface area contributed by atoms with Crippen molar-refractivity contribution in [2.24, 2.45) is 11.8 Å². The van der Waals surface area contributed by atoms with Crippen molar-refractivity contribution >= 4 is 11.7 Å². The van der Waals surface area contributed by atoms with Gasteiger partial charge in [-0.25, -0.2) is 4.79 Å². The van der Waals surface area contributed by atoms with E-state index in [4.69, 9.17) is 4.74 Å². The van der Waals surface area contributed by atoms with Gasteiger partial charge in [0.1, 0.15) is 5.75 Å². The van der Waals surface area contributed by atoms with E-state index in [0.29, 0.717) is 31.7 Å². The quantitative estimate of drug-likeness (QED) is 0.770. The van der Waals surface area contributed by atoms with Crippen molar-refractivity contribution in [2.45, 2.75) is 24.6 Å². The Bertz CT molecular complexity index is 933. The van der Waals surface area contributed by atoms with Crippen molar-refractivity contribution in [3.05, 3.63) is 59.7 Å². The number of rotatable bonds is 3. The van der Waals surface area contributed by atoms with Crippen molar-refractivity contribution in [3.63, 3.8) is 0 Å².